The fraction of sp³-hybridized carbons (Fsp3) is 0.471. The van der Waals surface area contributed by atoms with Gasteiger partial charge in [0.1, 0.15) is 0 Å². The van der Waals surface area contributed by atoms with Crippen LogP contribution in [0.15, 0.2) is 42.7 Å². The number of para-hydroxylation sites is 1. The molecule has 5 nitrogen and oxygen atoms in total. The van der Waals surface area contributed by atoms with Gasteiger partial charge in [-0.05, 0) is 42.9 Å². The topological polar surface area (TPSA) is 64.0 Å². The molecule has 1 heterocycles. The van der Waals surface area contributed by atoms with Crippen LogP contribution in [0, 0.1) is 5.92 Å². The second kappa shape index (κ2) is 7.27. The lowest BCUT2D eigenvalue weighted by Crippen LogP contribution is -2.30. The molecular formula is C17H23N3O2S. The normalized spacial score (nSPS) is 16.0. The van der Waals surface area contributed by atoms with Crippen molar-refractivity contribution < 1.29 is 8.42 Å². The highest BCUT2D eigenvalue weighted by Gasteiger charge is 2.22. The molecule has 0 saturated heterocycles. The van der Waals surface area contributed by atoms with E-state index in [1.54, 1.807) is 6.20 Å². The Morgan fingerprint density at radius 3 is 2.65 bits per heavy atom. The van der Waals surface area contributed by atoms with Crippen LogP contribution in [0.5, 0.6) is 0 Å². The van der Waals surface area contributed by atoms with E-state index in [0.717, 1.165) is 24.1 Å². The summed E-state index contributed by atoms with van der Waals surface area (Å²) in [5.41, 5.74) is 2.03. The van der Waals surface area contributed by atoms with Gasteiger partial charge in [-0.1, -0.05) is 31.0 Å². The van der Waals surface area contributed by atoms with Crippen LogP contribution in [0.25, 0.3) is 5.69 Å². The van der Waals surface area contributed by atoms with Gasteiger partial charge in [0.25, 0.3) is 0 Å². The molecule has 6 heteroatoms. The molecule has 23 heavy (non-hydrogen) atoms. The molecule has 2 aromatic rings. The van der Waals surface area contributed by atoms with E-state index >= 15 is 0 Å². The van der Waals surface area contributed by atoms with E-state index in [2.05, 4.69) is 9.82 Å². The molecule has 1 fully saturated rings. The first-order valence-electron chi connectivity index (χ1n) is 8.19. The van der Waals surface area contributed by atoms with Crippen LogP contribution >= 0.6 is 0 Å². The van der Waals surface area contributed by atoms with E-state index in [0.29, 0.717) is 18.9 Å². The Labute approximate surface area is 137 Å². The second-order valence-corrected chi connectivity index (χ2v) is 8.06. The van der Waals surface area contributed by atoms with E-state index in [4.69, 9.17) is 0 Å². The molecule has 1 aliphatic carbocycles. The summed E-state index contributed by atoms with van der Waals surface area (Å²) in [6.45, 7) is 0.426. The minimum atomic E-state index is -3.16. The number of nitrogens with one attached hydrogen (secondary N) is 1. The molecule has 1 N–H and O–H groups in total. The van der Waals surface area contributed by atoms with Crippen LogP contribution < -0.4 is 4.72 Å². The van der Waals surface area contributed by atoms with Gasteiger partial charge < -0.3 is 0 Å². The molecule has 0 bridgehead atoms. The molecule has 3 rings (SSSR count). The molecule has 1 saturated carbocycles. The summed E-state index contributed by atoms with van der Waals surface area (Å²) < 4.78 is 28.7. The summed E-state index contributed by atoms with van der Waals surface area (Å²) in [6.07, 6.45) is 8.81. The summed E-state index contributed by atoms with van der Waals surface area (Å²) >= 11 is 0. The van der Waals surface area contributed by atoms with Gasteiger partial charge in [-0.15, -0.1) is 0 Å². The summed E-state index contributed by atoms with van der Waals surface area (Å²) in [6, 6.07) is 9.87. The number of sulfonamides is 1. The number of nitrogens with zero attached hydrogens (tertiary/aromatic N) is 2. The van der Waals surface area contributed by atoms with Gasteiger partial charge in [0.2, 0.25) is 10.0 Å². The Balaban J connectivity index is 1.50. The second-order valence-electron chi connectivity index (χ2n) is 6.20. The Kier molecular flexibility index (Phi) is 5.13. The molecule has 1 aliphatic rings. The fourth-order valence-corrected chi connectivity index (χ4v) is 4.59. The first-order chi connectivity index (χ1) is 11.1. The van der Waals surface area contributed by atoms with Crippen molar-refractivity contribution in [2.45, 2.75) is 32.1 Å². The highest BCUT2D eigenvalue weighted by Crippen LogP contribution is 2.25. The minimum absolute atomic E-state index is 0.274. The Bertz CT molecular complexity index is 719. The third kappa shape index (κ3) is 4.65. The van der Waals surface area contributed by atoms with Gasteiger partial charge in [0.15, 0.2) is 0 Å². The van der Waals surface area contributed by atoms with E-state index in [9.17, 15) is 8.42 Å². The van der Waals surface area contributed by atoms with Crippen LogP contribution in [0.3, 0.4) is 0 Å². The van der Waals surface area contributed by atoms with Crippen molar-refractivity contribution in [3.8, 4) is 5.69 Å². The van der Waals surface area contributed by atoms with Crippen molar-refractivity contribution in [1.29, 1.82) is 0 Å². The largest absolute Gasteiger partial charge is 0.241 e. The first-order valence-corrected chi connectivity index (χ1v) is 9.84. The molecule has 0 aliphatic heterocycles. The van der Waals surface area contributed by atoms with Gasteiger partial charge in [0.05, 0.1) is 17.6 Å². The van der Waals surface area contributed by atoms with Crippen molar-refractivity contribution in [2.75, 3.05) is 12.3 Å². The third-order valence-electron chi connectivity index (χ3n) is 4.32. The van der Waals surface area contributed by atoms with Gasteiger partial charge in [-0.2, -0.15) is 5.10 Å². The Hall–Kier alpha value is -1.66. The van der Waals surface area contributed by atoms with E-state index < -0.39 is 10.0 Å². The van der Waals surface area contributed by atoms with E-state index in [1.165, 1.54) is 12.8 Å². The van der Waals surface area contributed by atoms with Gasteiger partial charge >= 0.3 is 0 Å². The van der Waals surface area contributed by atoms with Crippen LogP contribution in [0.2, 0.25) is 0 Å². The third-order valence-corrected chi connectivity index (χ3v) is 5.88. The maximum Gasteiger partial charge on any atom is 0.211 e. The highest BCUT2D eigenvalue weighted by atomic mass is 32.2. The molecule has 1 aromatic heterocycles. The lowest BCUT2D eigenvalue weighted by atomic mass is 10.1. The van der Waals surface area contributed by atoms with Crippen molar-refractivity contribution in [3.05, 3.63) is 48.3 Å². The standard InChI is InChI=1S/C17H23N3O2S/c21-23(22,14-15-6-4-5-7-15)19-11-10-16-12-18-20(13-16)17-8-2-1-3-9-17/h1-3,8-9,12-13,15,19H,4-7,10-11,14H2. The van der Waals surface area contributed by atoms with Crippen LogP contribution in [-0.2, 0) is 16.4 Å². The SMILES string of the molecule is O=S(=O)(CC1CCCC1)NCCc1cnn(-c2ccccc2)c1. The lowest BCUT2D eigenvalue weighted by Gasteiger charge is -2.10. The molecule has 0 atom stereocenters. The minimum Gasteiger partial charge on any atom is -0.241 e. The number of hydrogen-bond acceptors (Lipinski definition) is 3. The Morgan fingerprint density at radius 1 is 1.17 bits per heavy atom. The van der Waals surface area contributed by atoms with Crippen molar-refractivity contribution in [3.63, 3.8) is 0 Å². The van der Waals surface area contributed by atoms with Gasteiger partial charge in [0, 0.05) is 12.7 Å². The lowest BCUT2D eigenvalue weighted by molar-refractivity contribution is 0.547. The molecular weight excluding hydrogens is 310 g/mol. The summed E-state index contributed by atoms with van der Waals surface area (Å²) in [4.78, 5) is 0. The summed E-state index contributed by atoms with van der Waals surface area (Å²) in [7, 11) is -3.16. The zero-order valence-corrected chi connectivity index (χ0v) is 14.0. The van der Waals surface area contributed by atoms with Crippen molar-refractivity contribution in [2.24, 2.45) is 5.92 Å². The predicted molar refractivity (Wildman–Crippen MR) is 91.0 cm³/mol. The zero-order chi connectivity index (χ0) is 16.1. The van der Waals surface area contributed by atoms with Gasteiger partial charge in [-0.25, -0.2) is 17.8 Å². The average Bonchev–Trinajstić information content (AvgIpc) is 3.19. The summed E-state index contributed by atoms with van der Waals surface area (Å²) in [5.74, 6) is 0.615. The monoisotopic (exact) mass is 333 g/mol. The van der Waals surface area contributed by atoms with Crippen molar-refractivity contribution >= 4 is 10.0 Å². The van der Waals surface area contributed by atoms with Crippen LogP contribution in [0.4, 0.5) is 0 Å². The number of hydrogen-bond donors (Lipinski definition) is 1. The predicted octanol–water partition coefficient (Wildman–Crippen LogP) is 2.52. The van der Waals surface area contributed by atoms with E-state index in [-0.39, 0.29) is 5.75 Å². The molecule has 1 aromatic carbocycles. The maximum absolute atomic E-state index is 12.1. The molecule has 0 amide bonds. The smallest absolute Gasteiger partial charge is 0.211 e. The Morgan fingerprint density at radius 2 is 1.91 bits per heavy atom. The highest BCUT2D eigenvalue weighted by molar-refractivity contribution is 7.89. The van der Waals surface area contributed by atoms with Crippen molar-refractivity contribution in [1.82, 2.24) is 14.5 Å². The number of rotatable bonds is 7. The average molecular weight is 333 g/mol. The quantitative estimate of drug-likeness (QED) is 0.847. The van der Waals surface area contributed by atoms with Crippen LogP contribution in [-0.4, -0.2) is 30.5 Å². The van der Waals surface area contributed by atoms with Gasteiger partial charge in [-0.3, -0.25) is 0 Å². The molecule has 0 radical (unpaired) electrons. The maximum atomic E-state index is 12.1. The fourth-order valence-electron chi connectivity index (χ4n) is 3.11. The number of benzene rings is 1. The molecule has 0 spiro atoms. The van der Waals surface area contributed by atoms with Crippen LogP contribution in [0.1, 0.15) is 31.2 Å². The van der Waals surface area contributed by atoms with E-state index in [1.807, 2.05) is 41.2 Å². The zero-order valence-electron chi connectivity index (χ0n) is 13.2. The number of aromatic nitrogens is 2. The molecule has 0 unspecified atom stereocenters. The first kappa shape index (κ1) is 16.2. The molecule has 124 valence electrons. The summed E-state index contributed by atoms with van der Waals surface area (Å²) in [5, 5.41) is 4.32.